The zero-order valence-corrected chi connectivity index (χ0v) is 11.9. The Labute approximate surface area is 122 Å². The molecule has 0 heterocycles. The topological polar surface area (TPSA) is 12.0 Å². The first-order chi connectivity index (χ1) is 10.1. The third-order valence-corrected chi connectivity index (χ3v) is 3.26. The van der Waals surface area contributed by atoms with Crippen molar-refractivity contribution in [2.75, 3.05) is 6.54 Å². The summed E-state index contributed by atoms with van der Waals surface area (Å²) in [5, 5.41) is 3.25. The molecule has 0 radical (unpaired) electrons. The van der Waals surface area contributed by atoms with Gasteiger partial charge < -0.3 is 5.32 Å². The van der Waals surface area contributed by atoms with Crippen molar-refractivity contribution in [3.63, 3.8) is 0 Å². The molecule has 2 aromatic carbocycles. The van der Waals surface area contributed by atoms with Gasteiger partial charge in [-0.2, -0.15) is 0 Å². The van der Waals surface area contributed by atoms with E-state index in [0.29, 0.717) is 12.0 Å². The fraction of sp³-hybridized carbons (Fsp3) is 0.294. The molecule has 0 saturated heterocycles. The highest BCUT2D eigenvalue weighted by atomic mass is 19.1. The Balaban J connectivity index is 2.25. The van der Waals surface area contributed by atoms with E-state index in [1.165, 1.54) is 24.3 Å². The normalized spacial score (nSPS) is 12.4. The van der Waals surface area contributed by atoms with Crippen molar-refractivity contribution in [2.24, 2.45) is 0 Å². The summed E-state index contributed by atoms with van der Waals surface area (Å²) in [6.45, 7) is 2.73. The Morgan fingerprint density at radius 3 is 2.29 bits per heavy atom. The molecule has 1 N–H and O–H groups in total. The first-order valence-corrected chi connectivity index (χ1v) is 7.02. The van der Waals surface area contributed by atoms with E-state index in [0.717, 1.165) is 24.6 Å². The largest absolute Gasteiger partial charge is 0.310 e. The van der Waals surface area contributed by atoms with E-state index >= 15 is 0 Å². The fourth-order valence-electron chi connectivity index (χ4n) is 2.30. The van der Waals surface area contributed by atoms with E-state index in [4.69, 9.17) is 0 Å². The van der Waals surface area contributed by atoms with Gasteiger partial charge in [0.2, 0.25) is 0 Å². The molecule has 1 unspecified atom stereocenters. The maximum absolute atomic E-state index is 13.4. The van der Waals surface area contributed by atoms with Gasteiger partial charge in [-0.15, -0.1) is 0 Å². The summed E-state index contributed by atoms with van der Waals surface area (Å²) in [4.78, 5) is 0. The van der Waals surface area contributed by atoms with Crippen LogP contribution in [-0.4, -0.2) is 6.54 Å². The van der Waals surface area contributed by atoms with E-state index in [-0.39, 0.29) is 11.9 Å². The van der Waals surface area contributed by atoms with Crippen LogP contribution in [0.25, 0.3) is 0 Å². The molecule has 4 heteroatoms. The standard InChI is InChI=1S/C17H18F3N/c1-2-6-21-17(8-12-4-3-5-14(18)7-12)13-9-15(19)11-16(20)10-13/h3-5,7,9-11,17,21H,2,6,8H2,1H3. The SMILES string of the molecule is CCCNC(Cc1cccc(F)c1)c1cc(F)cc(F)c1. The van der Waals surface area contributed by atoms with Crippen LogP contribution in [0.2, 0.25) is 0 Å². The highest BCUT2D eigenvalue weighted by Crippen LogP contribution is 2.21. The fourth-order valence-corrected chi connectivity index (χ4v) is 2.30. The van der Waals surface area contributed by atoms with Gasteiger partial charge >= 0.3 is 0 Å². The van der Waals surface area contributed by atoms with Crippen LogP contribution >= 0.6 is 0 Å². The first-order valence-electron chi connectivity index (χ1n) is 7.02. The number of nitrogens with one attached hydrogen (secondary N) is 1. The highest BCUT2D eigenvalue weighted by Gasteiger charge is 2.14. The molecule has 0 saturated carbocycles. The molecule has 1 nitrogen and oxygen atoms in total. The molecular formula is C17H18F3N. The van der Waals surface area contributed by atoms with Gasteiger partial charge in [0.05, 0.1) is 0 Å². The lowest BCUT2D eigenvalue weighted by Gasteiger charge is -2.19. The minimum atomic E-state index is -0.604. The van der Waals surface area contributed by atoms with Crippen LogP contribution in [0.15, 0.2) is 42.5 Å². The number of hydrogen-bond donors (Lipinski definition) is 1. The summed E-state index contributed by atoms with van der Waals surface area (Å²) in [6.07, 6.45) is 1.37. The van der Waals surface area contributed by atoms with Crippen molar-refractivity contribution in [1.82, 2.24) is 5.32 Å². The molecule has 0 amide bonds. The molecule has 0 aromatic heterocycles. The van der Waals surface area contributed by atoms with Gasteiger partial charge in [-0.1, -0.05) is 19.1 Å². The molecule has 0 fully saturated rings. The molecule has 0 aliphatic carbocycles. The van der Waals surface area contributed by atoms with Crippen molar-refractivity contribution in [3.05, 3.63) is 71.0 Å². The summed E-state index contributed by atoms with van der Waals surface area (Å²) in [5.41, 5.74) is 1.32. The molecule has 0 aliphatic heterocycles. The van der Waals surface area contributed by atoms with Crippen molar-refractivity contribution < 1.29 is 13.2 Å². The zero-order chi connectivity index (χ0) is 15.2. The van der Waals surface area contributed by atoms with Gasteiger partial charge in [-0.25, -0.2) is 13.2 Å². The van der Waals surface area contributed by atoms with Gasteiger partial charge in [0.1, 0.15) is 17.5 Å². The maximum Gasteiger partial charge on any atom is 0.126 e. The monoisotopic (exact) mass is 293 g/mol. The average Bonchev–Trinajstić information content (AvgIpc) is 2.42. The van der Waals surface area contributed by atoms with Crippen molar-refractivity contribution in [1.29, 1.82) is 0 Å². The van der Waals surface area contributed by atoms with Crippen LogP contribution in [0.4, 0.5) is 13.2 Å². The predicted octanol–water partition coefficient (Wildman–Crippen LogP) is 4.39. The molecule has 1 atom stereocenters. The van der Waals surface area contributed by atoms with Crippen molar-refractivity contribution in [3.8, 4) is 0 Å². The Morgan fingerprint density at radius 2 is 1.67 bits per heavy atom. The lowest BCUT2D eigenvalue weighted by molar-refractivity contribution is 0.513. The third-order valence-electron chi connectivity index (χ3n) is 3.26. The van der Waals surface area contributed by atoms with Crippen LogP contribution in [0.5, 0.6) is 0 Å². The van der Waals surface area contributed by atoms with Crippen LogP contribution in [-0.2, 0) is 6.42 Å². The van der Waals surface area contributed by atoms with Gasteiger partial charge in [0.25, 0.3) is 0 Å². The van der Waals surface area contributed by atoms with Gasteiger partial charge in [-0.3, -0.25) is 0 Å². The minimum Gasteiger partial charge on any atom is -0.310 e. The van der Waals surface area contributed by atoms with Crippen LogP contribution in [0, 0.1) is 17.5 Å². The Bertz CT molecular complexity index is 578. The molecule has 112 valence electrons. The second-order valence-corrected chi connectivity index (χ2v) is 5.04. The Morgan fingerprint density at radius 1 is 0.952 bits per heavy atom. The molecule has 21 heavy (non-hydrogen) atoms. The van der Waals surface area contributed by atoms with Crippen molar-refractivity contribution >= 4 is 0 Å². The van der Waals surface area contributed by atoms with Crippen LogP contribution < -0.4 is 5.32 Å². The smallest absolute Gasteiger partial charge is 0.126 e. The summed E-state index contributed by atoms with van der Waals surface area (Å²) in [7, 11) is 0. The Kier molecular flexibility index (Phi) is 5.39. The Hall–Kier alpha value is -1.81. The molecular weight excluding hydrogens is 275 g/mol. The molecule has 0 spiro atoms. The van der Waals surface area contributed by atoms with Crippen LogP contribution in [0.1, 0.15) is 30.5 Å². The van der Waals surface area contributed by atoms with E-state index in [9.17, 15) is 13.2 Å². The zero-order valence-electron chi connectivity index (χ0n) is 11.9. The van der Waals surface area contributed by atoms with E-state index in [2.05, 4.69) is 5.32 Å². The summed E-state index contributed by atoms with van der Waals surface area (Å²) in [6, 6.07) is 9.48. The lowest BCUT2D eigenvalue weighted by Crippen LogP contribution is -2.24. The highest BCUT2D eigenvalue weighted by molar-refractivity contribution is 5.25. The third kappa shape index (κ3) is 4.60. The minimum absolute atomic E-state index is 0.253. The number of hydrogen-bond acceptors (Lipinski definition) is 1. The summed E-state index contributed by atoms with van der Waals surface area (Å²) >= 11 is 0. The van der Waals surface area contributed by atoms with E-state index < -0.39 is 11.6 Å². The summed E-state index contributed by atoms with van der Waals surface area (Å²) < 4.78 is 40.0. The number of benzene rings is 2. The lowest BCUT2D eigenvalue weighted by atomic mass is 9.98. The van der Waals surface area contributed by atoms with E-state index in [1.54, 1.807) is 12.1 Å². The first kappa shape index (κ1) is 15.6. The quantitative estimate of drug-likeness (QED) is 0.833. The second kappa shape index (κ2) is 7.27. The predicted molar refractivity (Wildman–Crippen MR) is 77.5 cm³/mol. The van der Waals surface area contributed by atoms with Gasteiger partial charge in [-0.05, 0) is 54.8 Å². The number of rotatable bonds is 6. The molecule has 0 aliphatic rings. The van der Waals surface area contributed by atoms with E-state index in [1.807, 2.05) is 6.92 Å². The maximum atomic E-state index is 13.4. The van der Waals surface area contributed by atoms with Gasteiger partial charge in [0, 0.05) is 12.1 Å². The second-order valence-electron chi connectivity index (χ2n) is 5.04. The molecule has 2 aromatic rings. The van der Waals surface area contributed by atoms with Crippen LogP contribution in [0.3, 0.4) is 0 Å². The van der Waals surface area contributed by atoms with Crippen molar-refractivity contribution in [2.45, 2.75) is 25.8 Å². The number of halogens is 3. The van der Waals surface area contributed by atoms with Gasteiger partial charge in [0.15, 0.2) is 0 Å². The molecule has 2 rings (SSSR count). The summed E-state index contributed by atoms with van der Waals surface area (Å²) in [5.74, 6) is -1.52. The molecule has 0 bridgehead atoms. The average molecular weight is 293 g/mol.